The molecule has 1 amide bonds. The Bertz CT molecular complexity index is 456. The summed E-state index contributed by atoms with van der Waals surface area (Å²) in [6, 6.07) is 4.93. The van der Waals surface area contributed by atoms with E-state index >= 15 is 0 Å². The van der Waals surface area contributed by atoms with Crippen LogP contribution >= 0.6 is 0 Å². The number of amides is 1. The van der Waals surface area contributed by atoms with E-state index in [2.05, 4.69) is 5.32 Å². The lowest BCUT2D eigenvalue weighted by atomic mass is 10.2. The van der Waals surface area contributed by atoms with E-state index in [-0.39, 0.29) is 17.3 Å². The number of nitrogens with one attached hydrogen (secondary N) is 1. The fraction of sp³-hybridized carbons (Fsp3) is 0.417. The van der Waals surface area contributed by atoms with E-state index in [0.717, 1.165) is 0 Å². The lowest BCUT2D eigenvalue weighted by Crippen LogP contribution is -2.23. The fourth-order valence-electron chi connectivity index (χ4n) is 1.83. The molecular formula is C12H17N3O3. The van der Waals surface area contributed by atoms with Gasteiger partial charge in [-0.1, -0.05) is 6.07 Å². The highest BCUT2D eigenvalue weighted by molar-refractivity contribution is 5.93. The van der Waals surface area contributed by atoms with Crippen LogP contribution in [0.25, 0.3) is 0 Å². The second-order valence-electron chi connectivity index (χ2n) is 3.78. The summed E-state index contributed by atoms with van der Waals surface area (Å²) in [5.74, 6) is -0.324. The molecule has 0 bridgehead atoms. The van der Waals surface area contributed by atoms with Gasteiger partial charge in [-0.05, 0) is 26.0 Å². The molecule has 6 heteroatoms. The molecule has 98 valence electrons. The SMILES string of the molecule is CCN(CC)c1cccc(NC(C)=O)c1[N+](=O)[O-]. The standard InChI is InChI=1S/C12H17N3O3/c1-4-14(5-2)11-8-6-7-10(13-9(3)16)12(11)15(17)18/h6-8H,4-5H2,1-3H3,(H,13,16). The molecule has 0 unspecified atom stereocenters. The van der Waals surface area contributed by atoms with Crippen molar-refractivity contribution in [2.45, 2.75) is 20.8 Å². The van der Waals surface area contributed by atoms with E-state index in [9.17, 15) is 14.9 Å². The summed E-state index contributed by atoms with van der Waals surface area (Å²) < 4.78 is 0. The van der Waals surface area contributed by atoms with Crippen LogP contribution in [0.5, 0.6) is 0 Å². The molecule has 0 radical (unpaired) electrons. The predicted octanol–water partition coefficient (Wildman–Crippen LogP) is 2.40. The lowest BCUT2D eigenvalue weighted by Gasteiger charge is -2.21. The van der Waals surface area contributed by atoms with Gasteiger partial charge in [-0.2, -0.15) is 0 Å². The van der Waals surface area contributed by atoms with E-state index in [4.69, 9.17) is 0 Å². The number of nitro benzene ring substituents is 1. The van der Waals surface area contributed by atoms with Crippen LogP contribution in [-0.2, 0) is 4.79 Å². The molecule has 0 spiro atoms. The van der Waals surface area contributed by atoms with Gasteiger partial charge in [0.1, 0.15) is 11.4 Å². The molecule has 1 rings (SSSR count). The number of carbonyl (C=O) groups is 1. The maximum atomic E-state index is 11.2. The maximum Gasteiger partial charge on any atom is 0.315 e. The molecule has 0 aromatic heterocycles. The highest BCUT2D eigenvalue weighted by Gasteiger charge is 2.23. The van der Waals surface area contributed by atoms with Gasteiger partial charge < -0.3 is 10.2 Å². The summed E-state index contributed by atoms with van der Waals surface area (Å²) in [6.07, 6.45) is 0. The van der Waals surface area contributed by atoms with Crippen molar-refractivity contribution in [2.24, 2.45) is 0 Å². The molecule has 0 saturated heterocycles. The molecule has 0 heterocycles. The Kier molecular flexibility index (Phi) is 4.65. The van der Waals surface area contributed by atoms with Gasteiger partial charge in [0.25, 0.3) is 0 Å². The van der Waals surface area contributed by atoms with E-state index in [1.165, 1.54) is 13.0 Å². The second kappa shape index (κ2) is 6.00. The van der Waals surface area contributed by atoms with Crippen molar-refractivity contribution < 1.29 is 9.72 Å². The van der Waals surface area contributed by atoms with Crippen molar-refractivity contribution in [1.82, 2.24) is 0 Å². The first-order chi connectivity index (χ1) is 8.51. The van der Waals surface area contributed by atoms with Crippen molar-refractivity contribution in [3.8, 4) is 0 Å². The van der Waals surface area contributed by atoms with E-state index < -0.39 is 4.92 Å². The minimum atomic E-state index is -0.459. The lowest BCUT2D eigenvalue weighted by molar-refractivity contribution is -0.383. The highest BCUT2D eigenvalue weighted by atomic mass is 16.6. The quantitative estimate of drug-likeness (QED) is 0.644. The molecule has 6 nitrogen and oxygen atoms in total. The average molecular weight is 251 g/mol. The van der Waals surface area contributed by atoms with Crippen LogP contribution in [0.3, 0.4) is 0 Å². The maximum absolute atomic E-state index is 11.2. The number of rotatable bonds is 5. The Morgan fingerprint density at radius 3 is 2.44 bits per heavy atom. The zero-order chi connectivity index (χ0) is 13.7. The zero-order valence-corrected chi connectivity index (χ0v) is 10.8. The van der Waals surface area contributed by atoms with Gasteiger partial charge in [-0.15, -0.1) is 0 Å². The van der Waals surface area contributed by atoms with Gasteiger partial charge in [0.15, 0.2) is 0 Å². The van der Waals surface area contributed by atoms with Gasteiger partial charge in [0.05, 0.1) is 4.92 Å². The fourth-order valence-corrected chi connectivity index (χ4v) is 1.83. The third-order valence-corrected chi connectivity index (χ3v) is 2.61. The van der Waals surface area contributed by atoms with E-state index in [1.807, 2.05) is 18.7 Å². The Morgan fingerprint density at radius 2 is 2.00 bits per heavy atom. The minimum Gasteiger partial charge on any atom is -0.366 e. The Labute approximate surface area is 106 Å². The van der Waals surface area contributed by atoms with E-state index in [1.54, 1.807) is 12.1 Å². The first kappa shape index (κ1) is 14.0. The minimum absolute atomic E-state index is 0.0589. The van der Waals surface area contributed by atoms with Gasteiger partial charge in [0.2, 0.25) is 5.91 Å². The third kappa shape index (κ3) is 2.97. The van der Waals surface area contributed by atoms with Gasteiger partial charge in [0, 0.05) is 20.0 Å². The van der Waals surface area contributed by atoms with Gasteiger partial charge in [-0.3, -0.25) is 14.9 Å². The molecule has 0 aliphatic heterocycles. The molecule has 0 saturated carbocycles. The predicted molar refractivity (Wildman–Crippen MR) is 71.0 cm³/mol. The van der Waals surface area contributed by atoms with Crippen LogP contribution in [0.1, 0.15) is 20.8 Å². The number of carbonyl (C=O) groups excluding carboxylic acids is 1. The molecule has 1 aromatic rings. The van der Waals surface area contributed by atoms with Crippen LogP contribution in [-0.4, -0.2) is 23.9 Å². The smallest absolute Gasteiger partial charge is 0.315 e. The summed E-state index contributed by atoms with van der Waals surface area (Å²) in [6.45, 7) is 6.52. The van der Waals surface area contributed by atoms with Crippen molar-refractivity contribution in [3.05, 3.63) is 28.3 Å². The Balaban J connectivity index is 3.33. The normalized spacial score (nSPS) is 9.94. The topological polar surface area (TPSA) is 75.5 Å². The van der Waals surface area contributed by atoms with Crippen LogP contribution < -0.4 is 10.2 Å². The summed E-state index contributed by atoms with van der Waals surface area (Å²) in [5, 5.41) is 13.7. The second-order valence-corrected chi connectivity index (χ2v) is 3.78. The number of nitrogens with zero attached hydrogens (tertiary/aromatic N) is 2. The van der Waals surface area contributed by atoms with E-state index in [0.29, 0.717) is 18.8 Å². The number of para-hydroxylation sites is 1. The number of anilines is 2. The summed E-state index contributed by atoms with van der Waals surface area (Å²) in [4.78, 5) is 23.7. The molecule has 1 N–H and O–H groups in total. The molecule has 0 atom stereocenters. The summed E-state index contributed by atoms with van der Waals surface area (Å²) >= 11 is 0. The van der Waals surface area contributed by atoms with Gasteiger partial charge >= 0.3 is 5.69 Å². The molecule has 0 fully saturated rings. The van der Waals surface area contributed by atoms with Crippen LogP contribution in [0, 0.1) is 10.1 Å². The highest BCUT2D eigenvalue weighted by Crippen LogP contribution is 2.35. The van der Waals surface area contributed by atoms with Crippen LogP contribution in [0.4, 0.5) is 17.1 Å². The number of hydrogen-bond donors (Lipinski definition) is 1. The van der Waals surface area contributed by atoms with Crippen molar-refractivity contribution in [1.29, 1.82) is 0 Å². The molecule has 18 heavy (non-hydrogen) atoms. The van der Waals surface area contributed by atoms with Crippen LogP contribution in [0.15, 0.2) is 18.2 Å². The Morgan fingerprint density at radius 1 is 1.39 bits per heavy atom. The first-order valence-electron chi connectivity index (χ1n) is 5.81. The average Bonchev–Trinajstić information content (AvgIpc) is 2.29. The Hall–Kier alpha value is -2.11. The van der Waals surface area contributed by atoms with Crippen molar-refractivity contribution in [3.63, 3.8) is 0 Å². The molecule has 0 aliphatic carbocycles. The summed E-state index contributed by atoms with van der Waals surface area (Å²) in [7, 11) is 0. The van der Waals surface area contributed by atoms with Crippen molar-refractivity contribution in [2.75, 3.05) is 23.3 Å². The molecule has 0 aliphatic rings. The number of benzene rings is 1. The number of hydrogen-bond acceptors (Lipinski definition) is 4. The molecule has 1 aromatic carbocycles. The monoisotopic (exact) mass is 251 g/mol. The third-order valence-electron chi connectivity index (χ3n) is 2.61. The summed E-state index contributed by atoms with van der Waals surface area (Å²) in [5.41, 5.74) is 0.699. The zero-order valence-electron chi connectivity index (χ0n) is 10.8. The first-order valence-corrected chi connectivity index (χ1v) is 5.81. The van der Waals surface area contributed by atoms with Crippen molar-refractivity contribution >= 4 is 23.0 Å². The molecular weight excluding hydrogens is 234 g/mol. The van der Waals surface area contributed by atoms with Gasteiger partial charge in [-0.25, -0.2) is 0 Å². The van der Waals surface area contributed by atoms with Crippen LogP contribution in [0.2, 0.25) is 0 Å². The largest absolute Gasteiger partial charge is 0.366 e. The number of nitro groups is 1.